The van der Waals surface area contributed by atoms with Crippen LogP contribution in [0, 0.1) is 0 Å². The van der Waals surface area contributed by atoms with E-state index in [2.05, 4.69) is 10.3 Å². The van der Waals surface area contributed by atoms with Crippen molar-refractivity contribution in [2.75, 3.05) is 0 Å². The number of alkyl halides is 6. The normalized spacial score (nSPS) is 13.8. The minimum Gasteiger partial charge on any atom is -0.481 e. The van der Waals surface area contributed by atoms with E-state index in [-0.39, 0.29) is 29.6 Å². The highest BCUT2D eigenvalue weighted by atomic mass is 19.4. The summed E-state index contributed by atoms with van der Waals surface area (Å²) < 4.78 is 84.3. The molecule has 1 aliphatic heterocycles. The number of aromatic nitrogens is 1. The second kappa shape index (κ2) is 8.97. The van der Waals surface area contributed by atoms with E-state index in [0.717, 1.165) is 0 Å². The van der Waals surface area contributed by atoms with Gasteiger partial charge in [-0.1, -0.05) is 30.3 Å². The summed E-state index contributed by atoms with van der Waals surface area (Å²) in [4.78, 5) is 27.3. The molecule has 0 spiro atoms. The number of ether oxygens (including phenoxy) is 1. The molecule has 0 saturated carbocycles. The zero-order chi connectivity index (χ0) is 25.4. The van der Waals surface area contributed by atoms with Gasteiger partial charge in [-0.05, 0) is 35.4 Å². The van der Waals surface area contributed by atoms with Gasteiger partial charge in [0, 0.05) is 23.7 Å². The number of amides is 1. The van der Waals surface area contributed by atoms with Gasteiger partial charge in [0.1, 0.15) is 6.61 Å². The molecule has 0 atom stereocenters. The number of carbonyl (C=O) groups excluding carboxylic acids is 1. The molecule has 0 bridgehead atoms. The van der Waals surface area contributed by atoms with Gasteiger partial charge in [-0.3, -0.25) is 9.59 Å². The number of hydrogen-bond acceptors (Lipinski definition) is 3. The van der Waals surface area contributed by atoms with E-state index < -0.39 is 35.9 Å². The summed E-state index contributed by atoms with van der Waals surface area (Å²) in [5.74, 6) is -1.02. The molecule has 2 heterocycles. The van der Waals surface area contributed by atoms with E-state index >= 15 is 0 Å². The zero-order valence-corrected chi connectivity index (χ0v) is 17.7. The van der Waals surface area contributed by atoms with Crippen molar-refractivity contribution in [2.24, 2.45) is 0 Å². The second-order valence-electron chi connectivity index (χ2n) is 7.67. The van der Waals surface area contributed by atoms with E-state index in [1.165, 1.54) is 12.1 Å². The van der Waals surface area contributed by atoms with Crippen LogP contribution in [0.4, 0.5) is 26.3 Å². The molecule has 0 saturated heterocycles. The van der Waals surface area contributed by atoms with Crippen LogP contribution < -0.4 is 10.9 Å². The first-order valence-electron chi connectivity index (χ1n) is 10.1. The van der Waals surface area contributed by atoms with E-state index in [1.807, 2.05) is 0 Å². The van der Waals surface area contributed by atoms with Crippen LogP contribution in [0.1, 0.15) is 33.5 Å². The second-order valence-corrected chi connectivity index (χ2v) is 7.67. The lowest BCUT2D eigenvalue weighted by Crippen LogP contribution is -2.29. The Bertz CT molecular complexity index is 1330. The van der Waals surface area contributed by atoms with Crippen molar-refractivity contribution in [3.63, 3.8) is 0 Å². The largest absolute Gasteiger partial charge is 0.481 e. The molecular formula is C24H16F6N2O3. The van der Waals surface area contributed by atoms with Crippen molar-refractivity contribution in [2.45, 2.75) is 25.5 Å². The molecule has 0 fully saturated rings. The third kappa shape index (κ3) is 5.23. The molecule has 2 N–H and O–H groups in total. The number of pyridine rings is 1. The molecular weight excluding hydrogens is 478 g/mol. The first-order valence-corrected chi connectivity index (χ1v) is 10.1. The number of rotatable bonds is 4. The number of halogens is 6. The molecule has 1 aliphatic rings. The molecule has 0 radical (unpaired) electrons. The topological polar surface area (TPSA) is 71.2 Å². The van der Waals surface area contributed by atoms with Crippen LogP contribution in [0.25, 0.3) is 5.57 Å². The quantitative estimate of drug-likeness (QED) is 0.501. The van der Waals surface area contributed by atoms with Gasteiger partial charge >= 0.3 is 12.4 Å². The molecule has 1 aromatic heterocycles. The highest BCUT2D eigenvalue weighted by molar-refractivity contribution is 6.03. The molecule has 1 amide bonds. The maximum atomic E-state index is 13.1. The number of fused-ring (bicyclic) bond motifs is 1. The third-order valence-electron chi connectivity index (χ3n) is 5.23. The Hall–Kier alpha value is -4.02. The number of benzene rings is 2. The lowest BCUT2D eigenvalue weighted by Gasteiger charge is -2.23. The summed E-state index contributed by atoms with van der Waals surface area (Å²) in [6.45, 7) is -0.772. The van der Waals surface area contributed by atoms with Crippen LogP contribution in [0.3, 0.4) is 0 Å². The molecule has 0 aliphatic carbocycles. The fourth-order valence-corrected chi connectivity index (χ4v) is 3.66. The minimum absolute atomic E-state index is 0.0172. The smallest absolute Gasteiger partial charge is 0.416 e. The first-order chi connectivity index (χ1) is 16.4. The maximum absolute atomic E-state index is 13.1. The fraction of sp³-hybridized carbons (Fsp3) is 0.167. The molecule has 4 rings (SSSR count). The van der Waals surface area contributed by atoms with Crippen LogP contribution in [0.15, 0.2) is 71.2 Å². The van der Waals surface area contributed by atoms with Crippen molar-refractivity contribution < 1.29 is 35.9 Å². The number of nitrogens with one attached hydrogen (secondary N) is 2. The van der Waals surface area contributed by atoms with Gasteiger partial charge in [-0.15, -0.1) is 0 Å². The van der Waals surface area contributed by atoms with Gasteiger partial charge in [0.25, 0.3) is 5.91 Å². The summed E-state index contributed by atoms with van der Waals surface area (Å²) in [5, 5.41) is 2.34. The number of hydrogen-bond donors (Lipinski definition) is 2. The highest BCUT2D eigenvalue weighted by Crippen LogP contribution is 2.37. The average Bonchev–Trinajstić information content (AvgIpc) is 2.81. The highest BCUT2D eigenvalue weighted by Gasteiger charge is 2.37. The lowest BCUT2D eigenvalue weighted by atomic mass is 9.93. The molecule has 0 unspecified atom stereocenters. The molecule has 11 heteroatoms. The fourth-order valence-electron chi connectivity index (χ4n) is 3.66. The van der Waals surface area contributed by atoms with Crippen LogP contribution in [-0.4, -0.2) is 10.9 Å². The number of H-pyrrole nitrogens is 1. The van der Waals surface area contributed by atoms with Crippen molar-refractivity contribution >= 4 is 11.5 Å². The van der Waals surface area contributed by atoms with E-state index in [1.54, 1.807) is 30.3 Å². The number of aromatic amines is 1. The molecule has 3 aromatic rings. The lowest BCUT2D eigenvalue weighted by molar-refractivity contribution is -0.143. The monoisotopic (exact) mass is 494 g/mol. The Morgan fingerprint density at radius 3 is 2.14 bits per heavy atom. The van der Waals surface area contributed by atoms with Gasteiger partial charge in [-0.2, -0.15) is 26.3 Å². The van der Waals surface area contributed by atoms with Gasteiger partial charge in [0.15, 0.2) is 5.76 Å². The third-order valence-corrected chi connectivity index (χ3v) is 5.23. The van der Waals surface area contributed by atoms with Crippen LogP contribution >= 0.6 is 0 Å². The van der Waals surface area contributed by atoms with Gasteiger partial charge in [0.05, 0.1) is 16.8 Å². The molecule has 2 aromatic carbocycles. The summed E-state index contributed by atoms with van der Waals surface area (Å²) in [7, 11) is 0. The minimum atomic E-state index is -5.00. The Kier molecular flexibility index (Phi) is 6.18. The average molecular weight is 494 g/mol. The Balaban J connectivity index is 1.70. The summed E-state index contributed by atoms with van der Waals surface area (Å²) in [6.07, 6.45) is -10.0. The molecule has 35 heavy (non-hydrogen) atoms. The maximum Gasteiger partial charge on any atom is 0.416 e. The number of carbonyl (C=O) groups is 1. The summed E-state index contributed by atoms with van der Waals surface area (Å²) >= 11 is 0. The predicted octanol–water partition coefficient (Wildman–Crippen LogP) is 5.02. The molecule has 182 valence electrons. The van der Waals surface area contributed by atoms with Gasteiger partial charge < -0.3 is 15.0 Å². The van der Waals surface area contributed by atoms with Crippen molar-refractivity contribution in [1.29, 1.82) is 0 Å². The Morgan fingerprint density at radius 2 is 1.54 bits per heavy atom. The van der Waals surface area contributed by atoms with Gasteiger partial charge in [-0.25, -0.2) is 0 Å². The SMILES string of the molecule is O=C(NCc1cc(C(F)(F)F)cc(C(F)(F)F)c1)C1=C(c2ccccc2)c2ccc(=O)[nH]c2CO1. The first kappa shape index (κ1) is 24.1. The Morgan fingerprint density at radius 1 is 0.914 bits per heavy atom. The summed E-state index contributed by atoms with van der Waals surface area (Å²) in [6, 6.07) is 12.4. The standard InChI is InChI=1S/C24H16F6N2O3/c25-23(26,27)15-8-13(9-16(10-15)24(28,29)30)11-31-22(34)21-20(14-4-2-1-3-5-14)17-6-7-19(33)32-18(17)12-35-21/h1-10H,11-12H2,(H,31,34)(H,32,33). The van der Waals surface area contributed by atoms with Crippen molar-refractivity contribution in [3.8, 4) is 0 Å². The van der Waals surface area contributed by atoms with E-state index in [4.69, 9.17) is 4.74 Å². The van der Waals surface area contributed by atoms with Crippen LogP contribution in [-0.2, 0) is 35.0 Å². The van der Waals surface area contributed by atoms with Crippen LogP contribution in [0.2, 0.25) is 0 Å². The van der Waals surface area contributed by atoms with Crippen LogP contribution in [0.5, 0.6) is 0 Å². The molecule has 5 nitrogen and oxygen atoms in total. The zero-order valence-electron chi connectivity index (χ0n) is 17.7. The van der Waals surface area contributed by atoms with Crippen molar-refractivity contribution in [3.05, 3.63) is 110 Å². The van der Waals surface area contributed by atoms with E-state index in [9.17, 15) is 35.9 Å². The van der Waals surface area contributed by atoms with Gasteiger partial charge in [0.2, 0.25) is 5.56 Å². The Labute approximate surface area is 194 Å². The van der Waals surface area contributed by atoms with E-state index in [0.29, 0.717) is 34.5 Å². The predicted molar refractivity (Wildman–Crippen MR) is 113 cm³/mol. The van der Waals surface area contributed by atoms with Crippen molar-refractivity contribution in [1.82, 2.24) is 10.3 Å². The summed E-state index contributed by atoms with van der Waals surface area (Å²) in [5.41, 5.74) is -1.92.